The summed E-state index contributed by atoms with van der Waals surface area (Å²) in [6.07, 6.45) is 1.83. The van der Waals surface area contributed by atoms with Crippen molar-refractivity contribution in [2.24, 2.45) is 0 Å². The van der Waals surface area contributed by atoms with Gasteiger partial charge in [0.15, 0.2) is 5.11 Å². The van der Waals surface area contributed by atoms with Gasteiger partial charge < -0.3 is 24.3 Å². The van der Waals surface area contributed by atoms with E-state index in [4.69, 9.17) is 26.7 Å². The predicted molar refractivity (Wildman–Crippen MR) is 163 cm³/mol. The summed E-state index contributed by atoms with van der Waals surface area (Å²) in [6, 6.07) is 34.1. The van der Waals surface area contributed by atoms with Crippen molar-refractivity contribution in [3.05, 3.63) is 132 Å². The van der Waals surface area contributed by atoms with E-state index in [-0.39, 0.29) is 12.1 Å². The molecule has 1 aliphatic heterocycles. The zero-order chi connectivity index (χ0) is 27.6. The van der Waals surface area contributed by atoms with Crippen molar-refractivity contribution >= 4 is 23.0 Å². The average molecular weight is 547 g/mol. The van der Waals surface area contributed by atoms with E-state index in [1.807, 2.05) is 60.8 Å². The highest BCUT2D eigenvalue weighted by atomic mass is 32.1. The number of rotatable bonds is 7. The van der Waals surface area contributed by atoms with Crippen molar-refractivity contribution in [1.29, 1.82) is 0 Å². The summed E-state index contributed by atoms with van der Waals surface area (Å²) in [4.78, 5) is 6.90. The Morgan fingerprint density at radius 1 is 0.775 bits per heavy atom. The Kier molecular flexibility index (Phi) is 6.97. The van der Waals surface area contributed by atoms with Crippen LogP contribution in [0.15, 0.2) is 109 Å². The highest BCUT2D eigenvalue weighted by Crippen LogP contribution is 2.44. The van der Waals surface area contributed by atoms with E-state index >= 15 is 0 Å². The molecule has 3 heterocycles. The molecule has 6 rings (SSSR count). The summed E-state index contributed by atoms with van der Waals surface area (Å²) in [5, 5.41) is 4.23. The van der Waals surface area contributed by atoms with Gasteiger partial charge in [-0.2, -0.15) is 0 Å². The molecule has 1 aliphatic rings. The highest BCUT2D eigenvalue weighted by molar-refractivity contribution is 7.80. The smallest absolute Gasteiger partial charge is 0.174 e. The molecule has 40 heavy (non-hydrogen) atoms. The van der Waals surface area contributed by atoms with Gasteiger partial charge in [0.2, 0.25) is 0 Å². The molecule has 0 spiro atoms. The van der Waals surface area contributed by atoms with Gasteiger partial charge >= 0.3 is 0 Å². The van der Waals surface area contributed by atoms with Crippen molar-refractivity contribution in [3.63, 3.8) is 0 Å². The van der Waals surface area contributed by atoms with Crippen molar-refractivity contribution in [3.8, 4) is 22.9 Å². The van der Waals surface area contributed by atoms with Gasteiger partial charge in [0.1, 0.15) is 17.2 Å². The van der Waals surface area contributed by atoms with Gasteiger partial charge in [0.25, 0.3) is 0 Å². The van der Waals surface area contributed by atoms with E-state index < -0.39 is 0 Å². The molecule has 0 aliphatic carbocycles. The average Bonchev–Trinajstić information content (AvgIpc) is 3.49. The molecule has 0 bridgehead atoms. The van der Waals surface area contributed by atoms with Crippen LogP contribution < -0.4 is 19.7 Å². The lowest BCUT2D eigenvalue weighted by Crippen LogP contribution is -2.29. The molecule has 1 fully saturated rings. The second-order valence-electron chi connectivity index (χ2n) is 9.77. The van der Waals surface area contributed by atoms with E-state index in [1.54, 1.807) is 7.11 Å². The third kappa shape index (κ3) is 4.80. The van der Waals surface area contributed by atoms with Crippen LogP contribution in [0.25, 0.3) is 5.69 Å². The quantitative estimate of drug-likeness (QED) is 0.214. The Balaban J connectivity index is 1.38. The first kappa shape index (κ1) is 25.6. The minimum absolute atomic E-state index is 0.0978. The number of benzene rings is 3. The van der Waals surface area contributed by atoms with Gasteiger partial charge in [-0.3, -0.25) is 4.98 Å². The fourth-order valence-corrected chi connectivity index (χ4v) is 5.81. The highest BCUT2D eigenvalue weighted by Gasteiger charge is 2.42. The van der Waals surface area contributed by atoms with Crippen LogP contribution in [0.4, 0.5) is 5.69 Å². The van der Waals surface area contributed by atoms with Gasteiger partial charge in [0.05, 0.1) is 24.9 Å². The SMILES string of the molecule is COc1ccc(Oc2ccc(N3C(=S)N[C@@H](c4ccccn4)[C@@H]3c3cc(C)n(-c4ccccc4)c3C)cc2)cc1. The molecular weight excluding hydrogens is 516 g/mol. The Bertz CT molecular complexity index is 1620. The molecule has 5 aromatic rings. The van der Waals surface area contributed by atoms with Crippen LogP contribution in [0.5, 0.6) is 17.2 Å². The number of thiocarbonyl (C=S) groups is 1. The Hall–Kier alpha value is -4.62. The summed E-state index contributed by atoms with van der Waals surface area (Å²) in [6.45, 7) is 4.33. The number of methoxy groups -OCH3 is 1. The summed E-state index contributed by atoms with van der Waals surface area (Å²) in [5.74, 6) is 2.28. The number of para-hydroxylation sites is 1. The molecule has 7 heteroatoms. The first-order valence-corrected chi connectivity index (χ1v) is 13.6. The second kappa shape index (κ2) is 10.9. The third-order valence-corrected chi connectivity index (χ3v) is 7.63. The summed E-state index contributed by atoms with van der Waals surface area (Å²) in [7, 11) is 1.65. The molecule has 200 valence electrons. The Morgan fingerprint density at radius 3 is 2.08 bits per heavy atom. The molecule has 2 atom stereocenters. The maximum absolute atomic E-state index is 6.08. The van der Waals surface area contributed by atoms with E-state index in [0.29, 0.717) is 5.11 Å². The number of aryl methyl sites for hydroxylation is 1. The number of nitrogens with zero attached hydrogens (tertiary/aromatic N) is 3. The van der Waals surface area contributed by atoms with Crippen LogP contribution in [0.3, 0.4) is 0 Å². The van der Waals surface area contributed by atoms with Crippen molar-refractivity contribution in [2.75, 3.05) is 12.0 Å². The lowest BCUT2D eigenvalue weighted by molar-refractivity contribution is 0.413. The van der Waals surface area contributed by atoms with Gasteiger partial charge in [0, 0.05) is 29.0 Å². The first-order chi connectivity index (χ1) is 19.5. The standard InChI is InChI=1S/C33H30N4O2S/c1-22-21-29(23(2)36(22)24-9-5-4-6-10-24)32-31(30-11-7-8-20-34-30)35-33(40)37(32)25-12-14-27(15-13-25)39-28-18-16-26(38-3)17-19-28/h4-21,31-32H,1-3H3,(H,35,40)/t31-,32-/m0/s1. The maximum atomic E-state index is 6.08. The minimum Gasteiger partial charge on any atom is -0.497 e. The molecule has 1 saturated heterocycles. The van der Waals surface area contributed by atoms with Crippen LogP contribution >= 0.6 is 12.2 Å². The van der Waals surface area contributed by atoms with E-state index in [0.717, 1.165) is 34.3 Å². The molecule has 0 radical (unpaired) electrons. The number of ether oxygens (including phenoxy) is 2. The fourth-order valence-electron chi connectivity index (χ4n) is 5.47. The third-order valence-electron chi connectivity index (χ3n) is 7.31. The largest absolute Gasteiger partial charge is 0.497 e. The lowest BCUT2D eigenvalue weighted by Gasteiger charge is -2.28. The number of pyridine rings is 1. The number of hydrogen-bond acceptors (Lipinski definition) is 4. The number of nitrogens with one attached hydrogen (secondary N) is 1. The van der Waals surface area contributed by atoms with Crippen LogP contribution in [0, 0.1) is 13.8 Å². The van der Waals surface area contributed by atoms with Crippen LogP contribution in [0.1, 0.15) is 34.7 Å². The number of hydrogen-bond donors (Lipinski definition) is 1. The lowest BCUT2D eigenvalue weighted by atomic mass is 9.96. The van der Waals surface area contributed by atoms with Crippen LogP contribution in [-0.2, 0) is 0 Å². The zero-order valence-electron chi connectivity index (χ0n) is 22.6. The maximum Gasteiger partial charge on any atom is 0.174 e. The normalized spacial score (nSPS) is 16.6. The summed E-state index contributed by atoms with van der Waals surface area (Å²) >= 11 is 5.95. The molecule has 6 nitrogen and oxygen atoms in total. The van der Waals surface area contributed by atoms with Crippen LogP contribution in [0.2, 0.25) is 0 Å². The minimum atomic E-state index is -0.117. The molecule has 0 saturated carbocycles. The van der Waals surface area contributed by atoms with E-state index in [9.17, 15) is 0 Å². The number of aromatic nitrogens is 2. The van der Waals surface area contributed by atoms with E-state index in [2.05, 4.69) is 77.2 Å². The number of anilines is 1. The summed E-state index contributed by atoms with van der Waals surface area (Å²) in [5.41, 5.74) is 6.60. The Morgan fingerprint density at radius 2 is 1.43 bits per heavy atom. The van der Waals surface area contributed by atoms with Gasteiger partial charge in [-0.05, 0) is 110 Å². The predicted octanol–water partition coefficient (Wildman–Crippen LogP) is 7.47. The molecule has 2 aromatic heterocycles. The van der Waals surface area contributed by atoms with Gasteiger partial charge in [-0.1, -0.05) is 24.3 Å². The van der Waals surface area contributed by atoms with Crippen molar-refractivity contribution < 1.29 is 9.47 Å². The molecule has 0 unspecified atom stereocenters. The monoisotopic (exact) mass is 546 g/mol. The van der Waals surface area contributed by atoms with Crippen molar-refractivity contribution in [1.82, 2.24) is 14.9 Å². The fraction of sp³-hybridized carbons (Fsp3) is 0.152. The van der Waals surface area contributed by atoms with Crippen molar-refractivity contribution in [2.45, 2.75) is 25.9 Å². The van der Waals surface area contributed by atoms with Crippen LogP contribution in [-0.4, -0.2) is 21.8 Å². The first-order valence-electron chi connectivity index (χ1n) is 13.2. The molecule has 0 amide bonds. The topological polar surface area (TPSA) is 51.6 Å². The molecule has 1 N–H and O–H groups in total. The molecular formula is C33H30N4O2S. The van der Waals surface area contributed by atoms with E-state index in [1.165, 1.54) is 17.0 Å². The summed E-state index contributed by atoms with van der Waals surface area (Å²) < 4.78 is 13.6. The zero-order valence-corrected chi connectivity index (χ0v) is 23.4. The second-order valence-corrected chi connectivity index (χ2v) is 10.2. The van der Waals surface area contributed by atoms with Gasteiger partial charge in [-0.15, -0.1) is 0 Å². The molecule has 3 aromatic carbocycles. The van der Waals surface area contributed by atoms with Gasteiger partial charge in [-0.25, -0.2) is 0 Å². The Labute approximate surface area is 239 Å².